The summed E-state index contributed by atoms with van der Waals surface area (Å²) in [4.78, 5) is 26.4. The molecule has 3 heteroatoms. The van der Waals surface area contributed by atoms with Gasteiger partial charge in [-0.2, -0.15) is 0 Å². The van der Waals surface area contributed by atoms with Crippen LogP contribution < -0.4 is 0 Å². The highest BCUT2D eigenvalue weighted by Gasteiger charge is 2.83. The van der Waals surface area contributed by atoms with Crippen LogP contribution in [0.5, 0.6) is 0 Å². The highest BCUT2D eigenvalue weighted by atomic mass is 16.5. The second-order valence-electron chi connectivity index (χ2n) is 9.64. The third-order valence-corrected chi connectivity index (χ3v) is 7.51. The Kier molecular flexibility index (Phi) is 3.88. The van der Waals surface area contributed by atoms with Crippen LogP contribution in [0.15, 0.2) is 24.3 Å². The maximum atomic E-state index is 13.5. The van der Waals surface area contributed by atoms with Crippen LogP contribution in [-0.4, -0.2) is 17.9 Å². The summed E-state index contributed by atoms with van der Waals surface area (Å²) in [7, 11) is 0. The van der Waals surface area contributed by atoms with E-state index in [2.05, 4.69) is 20.8 Å². The van der Waals surface area contributed by atoms with Crippen LogP contribution in [-0.2, 0) is 14.9 Å². The number of esters is 1. The third-order valence-electron chi connectivity index (χ3n) is 7.51. The molecule has 4 rings (SSSR count). The Morgan fingerprint density at radius 2 is 1.88 bits per heavy atom. The number of rotatable bonds is 3. The van der Waals surface area contributed by atoms with Crippen LogP contribution >= 0.6 is 0 Å². The van der Waals surface area contributed by atoms with Crippen LogP contribution in [0.25, 0.3) is 0 Å². The quantitative estimate of drug-likeness (QED) is 0.734. The molecule has 0 aromatic heterocycles. The van der Waals surface area contributed by atoms with Crippen molar-refractivity contribution in [3.63, 3.8) is 0 Å². The first-order valence-electron chi connectivity index (χ1n) is 10.1. The summed E-state index contributed by atoms with van der Waals surface area (Å²) >= 11 is 0. The Bertz CT molecular complexity index is 762. The predicted octanol–water partition coefficient (Wildman–Crippen LogP) is 4.78. The van der Waals surface area contributed by atoms with Crippen molar-refractivity contribution >= 4 is 11.8 Å². The lowest BCUT2D eigenvalue weighted by atomic mass is 9.75. The fourth-order valence-electron chi connectivity index (χ4n) is 5.96. The maximum absolute atomic E-state index is 13.5. The number of carbonyl (C=O) groups excluding carboxylic acids is 2. The van der Waals surface area contributed by atoms with Crippen LogP contribution in [0.3, 0.4) is 0 Å². The lowest BCUT2D eigenvalue weighted by Gasteiger charge is -2.37. The zero-order valence-electron chi connectivity index (χ0n) is 16.5. The standard InChI is InChI=1S/C23H30O3/c1-13(2)15-11-10-14(3)12-18(15)26-21(25)23-17-9-7-6-8-16(17)19(24)20(23)22(23,4)5/h6-9,13-15,18,20H,10-12H2,1-5H3/t14-,15+,18-,20-,23-/m1/s1. The van der Waals surface area contributed by atoms with Crippen LogP contribution in [0.2, 0.25) is 0 Å². The first kappa shape index (κ1) is 17.8. The minimum absolute atomic E-state index is 0.0273. The minimum Gasteiger partial charge on any atom is -0.461 e. The molecule has 2 fully saturated rings. The van der Waals surface area contributed by atoms with E-state index in [9.17, 15) is 9.59 Å². The molecule has 0 N–H and O–H groups in total. The van der Waals surface area contributed by atoms with Crippen molar-refractivity contribution in [2.45, 2.75) is 65.4 Å². The maximum Gasteiger partial charge on any atom is 0.318 e. The van der Waals surface area contributed by atoms with Gasteiger partial charge in [-0.05, 0) is 41.6 Å². The lowest BCUT2D eigenvalue weighted by Crippen LogP contribution is -2.39. The molecular formula is C23H30O3. The molecule has 5 atom stereocenters. The number of hydrogen-bond donors (Lipinski definition) is 0. The largest absolute Gasteiger partial charge is 0.461 e. The van der Waals surface area contributed by atoms with Gasteiger partial charge in [-0.15, -0.1) is 0 Å². The van der Waals surface area contributed by atoms with Crippen molar-refractivity contribution in [1.82, 2.24) is 0 Å². The van der Waals surface area contributed by atoms with E-state index in [1.165, 1.54) is 6.42 Å². The highest BCUT2D eigenvalue weighted by molar-refractivity contribution is 6.15. The lowest BCUT2D eigenvalue weighted by molar-refractivity contribution is -0.160. The second kappa shape index (κ2) is 5.68. The van der Waals surface area contributed by atoms with Gasteiger partial charge in [0, 0.05) is 11.5 Å². The van der Waals surface area contributed by atoms with Gasteiger partial charge >= 0.3 is 5.97 Å². The Labute approximate surface area is 156 Å². The highest BCUT2D eigenvalue weighted by Crippen LogP contribution is 2.74. The molecule has 1 aromatic rings. The first-order valence-corrected chi connectivity index (χ1v) is 10.1. The molecule has 3 aliphatic rings. The van der Waals surface area contributed by atoms with Gasteiger partial charge in [0.05, 0.1) is 0 Å². The van der Waals surface area contributed by atoms with E-state index in [1.807, 2.05) is 38.1 Å². The molecule has 0 radical (unpaired) electrons. The molecular weight excluding hydrogens is 324 g/mol. The van der Waals surface area contributed by atoms with Crippen molar-refractivity contribution in [2.24, 2.45) is 29.1 Å². The van der Waals surface area contributed by atoms with Gasteiger partial charge in [0.15, 0.2) is 5.78 Å². The monoisotopic (exact) mass is 354 g/mol. The van der Waals surface area contributed by atoms with E-state index in [4.69, 9.17) is 4.74 Å². The molecule has 0 unspecified atom stereocenters. The molecule has 1 aromatic carbocycles. The first-order chi connectivity index (χ1) is 12.2. The smallest absolute Gasteiger partial charge is 0.318 e. The SMILES string of the molecule is CC(C)[C@@H]1CC[C@@H](C)C[C@H]1OC(=O)[C@@]12c3ccccc3C(=O)[C@@H]1C2(C)C. The average Bonchev–Trinajstić information content (AvgIpc) is 2.96. The Morgan fingerprint density at radius 1 is 1.19 bits per heavy atom. The summed E-state index contributed by atoms with van der Waals surface area (Å²) in [6.07, 6.45) is 3.23. The Balaban J connectivity index is 1.67. The number of carbonyl (C=O) groups is 2. The number of fused-ring (bicyclic) bond motifs is 3. The van der Waals surface area contributed by atoms with Gasteiger partial charge in [-0.25, -0.2) is 0 Å². The van der Waals surface area contributed by atoms with Gasteiger partial charge < -0.3 is 4.74 Å². The molecule has 2 saturated carbocycles. The van der Waals surface area contributed by atoms with Crippen LogP contribution in [0, 0.1) is 29.1 Å². The molecule has 26 heavy (non-hydrogen) atoms. The van der Waals surface area contributed by atoms with E-state index >= 15 is 0 Å². The molecule has 0 spiro atoms. The second-order valence-corrected chi connectivity index (χ2v) is 9.64. The molecule has 0 aliphatic heterocycles. The van der Waals surface area contributed by atoms with Crippen molar-refractivity contribution in [2.75, 3.05) is 0 Å². The zero-order valence-corrected chi connectivity index (χ0v) is 16.5. The van der Waals surface area contributed by atoms with Crippen molar-refractivity contribution < 1.29 is 14.3 Å². The molecule has 3 aliphatic carbocycles. The van der Waals surface area contributed by atoms with Crippen LogP contribution in [0.4, 0.5) is 0 Å². The molecule has 3 nitrogen and oxygen atoms in total. The predicted molar refractivity (Wildman–Crippen MR) is 101 cm³/mol. The summed E-state index contributed by atoms with van der Waals surface area (Å²) in [5.74, 6) is 1.17. The fourth-order valence-corrected chi connectivity index (χ4v) is 5.96. The topological polar surface area (TPSA) is 43.4 Å². The van der Waals surface area contributed by atoms with Gasteiger partial charge in [0.25, 0.3) is 0 Å². The van der Waals surface area contributed by atoms with Gasteiger partial charge in [0.1, 0.15) is 11.5 Å². The number of ether oxygens (including phenoxy) is 1. The fraction of sp³-hybridized carbons (Fsp3) is 0.652. The van der Waals surface area contributed by atoms with E-state index < -0.39 is 5.41 Å². The number of hydrogen-bond acceptors (Lipinski definition) is 3. The van der Waals surface area contributed by atoms with Gasteiger partial charge in [-0.3, -0.25) is 9.59 Å². The molecule has 0 bridgehead atoms. The normalized spacial score (nSPS) is 37.2. The van der Waals surface area contributed by atoms with Crippen molar-refractivity contribution in [1.29, 1.82) is 0 Å². The van der Waals surface area contributed by atoms with Gasteiger partial charge in [0.2, 0.25) is 0 Å². The Morgan fingerprint density at radius 3 is 2.58 bits per heavy atom. The number of Topliss-reactive ketones (excluding diaryl/α,β-unsaturated/α-hetero) is 1. The summed E-state index contributed by atoms with van der Waals surface area (Å²) in [6, 6.07) is 7.61. The Hall–Kier alpha value is -1.64. The van der Waals surface area contributed by atoms with E-state index in [-0.39, 0.29) is 29.2 Å². The van der Waals surface area contributed by atoms with Crippen molar-refractivity contribution in [3.8, 4) is 0 Å². The van der Waals surface area contributed by atoms with E-state index in [1.54, 1.807) is 0 Å². The number of benzene rings is 1. The molecule has 0 saturated heterocycles. The summed E-state index contributed by atoms with van der Waals surface area (Å²) in [5, 5.41) is 0. The summed E-state index contributed by atoms with van der Waals surface area (Å²) in [5.41, 5.74) is 0.465. The van der Waals surface area contributed by atoms with Crippen LogP contribution in [0.1, 0.15) is 69.8 Å². The minimum atomic E-state index is -0.775. The van der Waals surface area contributed by atoms with E-state index in [0.29, 0.717) is 23.3 Å². The number of ketones is 1. The molecule has 140 valence electrons. The van der Waals surface area contributed by atoms with Gasteiger partial charge in [-0.1, -0.05) is 65.3 Å². The van der Waals surface area contributed by atoms with Crippen molar-refractivity contribution in [3.05, 3.63) is 35.4 Å². The van der Waals surface area contributed by atoms with E-state index in [0.717, 1.165) is 18.4 Å². The molecule has 0 amide bonds. The summed E-state index contributed by atoms with van der Waals surface area (Å²) < 4.78 is 6.21. The third kappa shape index (κ3) is 2.12. The molecule has 0 heterocycles. The zero-order chi connectivity index (χ0) is 18.9. The summed E-state index contributed by atoms with van der Waals surface area (Å²) in [6.45, 7) is 10.8. The average molecular weight is 354 g/mol.